The molecule has 0 fully saturated rings. The SMILES string of the molecule is CCOc1ccc(C(=O)N[C@H](C)COc2ccc(OC)cc2)cc1C. The Hall–Kier alpha value is -2.69. The van der Waals surface area contributed by atoms with E-state index in [1.54, 1.807) is 13.2 Å². The Balaban J connectivity index is 1.87. The standard InChI is InChI=1S/C20H25NO4/c1-5-24-19-11-6-16(12-14(19)2)20(22)21-15(3)13-25-18-9-7-17(23-4)8-10-18/h6-12,15H,5,13H2,1-4H3,(H,21,22)/t15-/m1/s1. The molecular formula is C20H25NO4. The molecule has 0 unspecified atom stereocenters. The smallest absolute Gasteiger partial charge is 0.251 e. The van der Waals surface area contributed by atoms with Crippen LogP contribution >= 0.6 is 0 Å². The van der Waals surface area contributed by atoms with Crippen LogP contribution < -0.4 is 19.5 Å². The van der Waals surface area contributed by atoms with E-state index in [2.05, 4.69) is 5.32 Å². The summed E-state index contributed by atoms with van der Waals surface area (Å²) in [5.41, 5.74) is 1.55. The number of methoxy groups -OCH3 is 1. The zero-order valence-corrected chi connectivity index (χ0v) is 15.2. The molecule has 0 heterocycles. The summed E-state index contributed by atoms with van der Waals surface area (Å²) >= 11 is 0. The number of carbonyl (C=O) groups excluding carboxylic acids is 1. The summed E-state index contributed by atoms with van der Waals surface area (Å²) in [4.78, 5) is 12.3. The van der Waals surface area contributed by atoms with Crippen molar-refractivity contribution in [2.45, 2.75) is 26.8 Å². The van der Waals surface area contributed by atoms with Crippen molar-refractivity contribution in [1.29, 1.82) is 0 Å². The zero-order valence-electron chi connectivity index (χ0n) is 15.2. The molecule has 0 spiro atoms. The van der Waals surface area contributed by atoms with E-state index in [4.69, 9.17) is 14.2 Å². The van der Waals surface area contributed by atoms with Gasteiger partial charge in [0.25, 0.3) is 5.91 Å². The molecule has 5 nitrogen and oxygen atoms in total. The van der Waals surface area contributed by atoms with E-state index < -0.39 is 0 Å². The van der Waals surface area contributed by atoms with Crippen molar-refractivity contribution in [1.82, 2.24) is 5.32 Å². The van der Waals surface area contributed by atoms with E-state index in [1.807, 2.05) is 57.2 Å². The lowest BCUT2D eigenvalue weighted by Crippen LogP contribution is -2.36. The summed E-state index contributed by atoms with van der Waals surface area (Å²) in [6, 6.07) is 12.6. The van der Waals surface area contributed by atoms with Gasteiger partial charge in [-0.15, -0.1) is 0 Å². The molecule has 5 heteroatoms. The van der Waals surface area contributed by atoms with Crippen molar-refractivity contribution < 1.29 is 19.0 Å². The lowest BCUT2D eigenvalue weighted by molar-refractivity contribution is 0.0926. The molecule has 0 radical (unpaired) electrons. The largest absolute Gasteiger partial charge is 0.497 e. The molecule has 0 aliphatic rings. The Morgan fingerprint density at radius 3 is 2.36 bits per heavy atom. The van der Waals surface area contributed by atoms with Gasteiger partial charge in [0.15, 0.2) is 0 Å². The van der Waals surface area contributed by atoms with Crippen molar-refractivity contribution in [3.05, 3.63) is 53.6 Å². The number of aryl methyl sites for hydroxylation is 1. The zero-order chi connectivity index (χ0) is 18.2. The van der Waals surface area contributed by atoms with E-state index >= 15 is 0 Å². The monoisotopic (exact) mass is 343 g/mol. The van der Waals surface area contributed by atoms with Crippen molar-refractivity contribution in [2.75, 3.05) is 20.3 Å². The minimum Gasteiger partial charge on any atom is -0.497 e. The van der Waals surface area contributed by atoms with Crippen LogP contribution in [0.4, 0.5) is 0 Å². The normalized spacial score (nSPS) is 11.5. The van der Waals surface area contributed by atoms with E-state index in [1.165, 1.54) is 0 Å². The molecule has 25 heavy (non-hydrogen) atoms. The summed E-state index contributed by atoms with van der Waals surface area (Å²) in [5, 5.41) is 2.94. The van der Waals surface area contributed by atoms with Crippen LogP contribution in [0.25, 0.3) is 0 Å². The first kappa shape index (κ1) is 18.6. The van der Waals surface area contributed by atoms with Crippen LogP contribution in [0.2, 0.25) is 0 Å². The van der Waals surface area contributed by atoms with Gasteiger partial charge < -0.3 is 19.5 Å². The van der Waals surface area contributed by atoms with Gasteiger partial charge in [0.05, 0.1) is 19.8 Å². The first-order valence-electron chi connectivity index (χ1n) is 8.34. The Labute approximate surface area is 148 Å². The molecule has 2 aromatic rings. The number of hydrogen-bond donors (Lipinski definition) is 1. The molecule has 0 aromatic heterocycles. The van der Waals surface area contributed by atoms with Gasteiger partial charge >= 0.3 is 0 Å². The highest BCUT2D eigenvalue weighted by Gasteiger charge is 2.12. The number of nitrogens with one attached hydrogen (secondary N) is 1. The third-order valence-corrected chi connectivity index (χ3v) is 3.67. The molecule has 134 valence electrons. The fourth-order valence-corrected chi connectivity index (χ4v) is 2.35. The van der Waals surface area contributed by atoms with Gasteiger partial charge in [-0.2, -0.15) is 0 Å². The van der Waals surface area contributed by atoms with Crippen LogP contribution in [0.1, 0.15) is 29.8 Å². The first-order chi connectivity index (χ1) is 12.0. The number of rotatable bonds is 8. The molecule has 2 aromatic carbocycles. The summed E-state index contributed by atoms with van der Waals surface area (Å²) in [6.07, 6.45) is 0. The number of amides is 1. The van der Waals surface area contributed by atoms with Crippen molar-refractivity contribution in [2.24, 2.45) is 0 Å². The topological polar surface area (TPSA) is 56.8 Å². The van der Waals surface area contributed by atoms with Gasteiger partial charge in [-0.05, 0) is 68.8 Å². The van der Waals surface area contributed by atoms with E-state index in [0.717, 1.165) is 22.8 Å². The third-order valence-electron chi connectivity index (χ3n) is 3.67. The van der Waals surface area contributed by atoms with Gasteiger partial charge in [0.2, 0.25) is 0 Å². The quantitative estimate of drug-likeness (QED) is 0.796. The summed E-state index contributed by atoms with van der Waals surface area (Å²) in [7, 11) is 1.62. The first-order valence-corrected chi connectivity index (χ1v) is 8.34. The summed E-state index contributed by atoms with van der Waals surface area (Å²) in [6.45, 7) is 6.76. The molecule has 0 aliphatic carbocycles. The second-order valence-electron chi connectivity index (χ2n) is 5.77. The lowest BCUT2D eigenvalue weighted by atomic mass is 10.1. The van der Waals surface area contributed by atoms with Crippen LogP contribution in [0.15, 0.2) is 42.5 Å². The third kappa shape index (κ3) is 5.41. The fraction of sp³-hybridized carbons (Fsp3) is 0.350. The molecule has 0 saturated carbocycles. The molecule has 2 rings (SSSR count). The van der Waals surface area contributed by atoms with E-state index in [0.29, 0.717) is 18.8 Å². The predicted octanol–water partition coefficient (Wildman–Crippen LogP) is 3.60. The average molecular weight is 343 g/mol. The Morgan fingerprint density at radius 1 is 1.08 bits per heavy atom. The average Bonchev–Trinajstić information content (AvgIpc) is 2.62. The van der Waals surface area contributed by atoms with E-state index in [-0.39, 0.29) is 11.9 Å². The van der Waals surface area contributed by atoms with Crippen LogP contribution in [-0.4, -0.2) is 32.3 Å². The number of carbonyl (C=O) groups is 1. The fourth-order valence-electron chi connectivity index (χ4n) is 2.35. The summed E-state index contributed by atoms with van der Waals surface area (Å²) < 4.78 is 16.3. The van der Waals surface area contributed by atoms with Crippen LogP contribution in [-0.2, 0) is 0 Å². The minimum absolute atomic E-state index is 0.124. The van der Waals surface area contributed by atoms with Gasteiger partial charge in [-0.25, -0.2) is 0 Å². The molecule has 0 aliphatic heterocycles. The van der Waals surface area contributed by atoms with Crippen LogP contribution in [0.3, 0.4) is 0 Å². The maximum atomic E-state index is 12.3. The molecule has 1 amide bonds. The lowest BCUT2D eigenvalue weighted by Gasteiger charge is -2.16. The van der Waals surface area contributed by atoms with Crippen molar-refractivity contribution in [3.63, 3.8) is 0 Å². The maximum absolute atomic E-state index is 12.3. The second-order valence-corrected chi connectivity index (χ2v) is 5.77. The van der Waals surface area contributed by atoms with Gasteiger partial charge in [-0.1, -0.05) is 0 Å². The highest BCUT2D eigenvalue weighted by molar-refractivity contribution is 5.94. The Kier molecular flexibility index (Phi) is 6.69. The summed E-state index contributed by atoms with van der Waals surface area (Å²) in [5.74, 6) is 2.19. The van der Waals surface area contributed by atoms with Crippen molar-refractivity contribution in [3.8, 4) is 17.2 Å². The highest BCUT2D eigenvalue weighted by Crippen LogP contribution is 2.19. The van der Waals surface area contributed by atoms with Crippen LogP contribution in [0.5, 0.6) is 17.2 Å². The molecule has 1 N–H and O–H groups in total. The van der Waals surface area contributed by atoms with Crippen molar-refractivity contribution >= 4 is 5.91 Å². The van der Waals surface area contributed by atoms with Gasteiger partial charge in [-0.3, -0.25) is 4.79 Å². The van der Waals surface area contributed by atoms with Gasteiger partial charge in [0, 0.05) is 5.56 Å². The maximum Gasteiger partial charge on any atom is 0.251 e. The molecule has 0 bridgehead atoms. The van der Waals surface area contributed by atoms with E-state index in [9.17, 15) is 4.79 Å². The van der Waals surface area contributed by atoms with Gasteiger partial charge in [0.1, 0.15) is 23.9 Å². The second kappa shape index (κ2) is 8.97. The number of benzene rings is 2. The Bertz CT molecular complexity index is 697. The molecular weight excluding hydrogens is 318 g/mol. The van der Waals surface area contributed by atoms with Crippen LogP contribution in [0, 0.1) is 6.92 Å². The molecule has 1 atom stereocenters. The Morgan fingerprint density at radius 2 is 1.76 bits per heavy atom. The molecule has 0 saturated heterocycles. The number of ether oxygens (including phenoxy) is 3. The minimum atomic E-state index is -0.128. The predicted molar refractivity (Wildman–Crippen MR) is 97.8 cm³/mol. The highest BCUT2D eigenvalue weighted by atomic mass is 16.5. The number of hydrogen-bond acceptors (Lipinski definition) is 4.